The number of hydrogen-bond donors (Lipinski definition) is 2. The molecule has 8 heteroatoms. The van der Waals surface area contributed by atoms with Crippen LogP contribution in [0.15, 0.2) is 65.6 Å². The van der Waals surface area contributed by atoms with E-state index in [1.54, 1.807) is 31.5 Å². The monoisotopic (exact) mass is 413 g/mol. The number of imidazole rings is 1. The molecule has 0 radical (unpaired) electrons. The lowest BCUT2D eigenvalue weighted by Gasteiger charge is -2.07. The smallest absolute Gasteiger partial charge is 0.267 e. The van der Waals surface area contributed by atoms with Gasteiger partial charge in [-0.05, 0) is 43.3 Å². The van der Waals surface area contributed by atoms with Crippen LogP contribution >= 0.6 is 0 Å². The van der Waals surface area contributed by atoms with Crippen molar-refractivity contribution in [1.82, 2.24) is 19.7 Å². The number of aliphatic hydroxyl groups is 1. The molecular weight excluding hydrogens is 394 g/mol. The molecule has 0 unspecified atom stereocenters. The van der Waals surface area contributed by atoms with Gasteiger partial charge in [-0.2, -0.15) is 0 Å². The number of benzene rings is 1. The molecule has 31 heavy (non-hydrogen) atoms. The van der Waals surface area contributed by atoms with E-state index in [4.69, 9.17) is 10.3 Å². The number of rotatable bonds is 5. The highest BCUT2D eigenvalue weighted by atomic mass is 16.5. The van der Waals surface area contributed by atoms with Crippen molar-refractivity contribution in [2.75, 3.05) is 0 Å². The summed E-state index contributed by atoms with van der Waals surface area (Å²) >= 11 is 0. The first kappa shape index (κ1) is 20.1. The van der Waals surface area contributed by atoms with Gasteiger partial charge in [-0.3, -0.25) is 4.79 Å². The van der Waals surface area contributed by atoms with E-state index in [-0.39, 0.29) is 5.69 Å². The Bertz CT molecular complexity index is 1260. The van der Waals surface area contributed by atoms with Crippen LogP contribution in [0.25, 0.3) is 11.3 Å². The first-order valence-electron chi connectivity index (χ1n) is 9.52. The highest BCUT2D eigenvalue weighted by molar-refractivity contribution is 5.90. The normalized spacial score (nSPS) is 11.5. The van der Waals surface area contributed by atoms with Crippen LogP contribution in [0.5, 0.6) is 0 Å². The van der Waals surface area contributed by atoms with Gasteiger partial charge >= 0.3 is 0 Å². The standard InChI is InChI=1S/C23H19N5O3/c1-15(29)23-25-10-11-28(23)14-19-12-21(31-27-19)18-7-4-16(5-8-18)2-3-17-6-9-20(22(24)30)26-13-17/h4-13,15,29H,14H2,1H3,(H2,24,30)/t15-/m0/s1. The van der Waals surface area contributed by atoms with Crippen LogP contribution in [0.2, 0.25) is 0 Å². The lowest BCUT2D eigenvalue weighted by Crippen LogP contribution is -2.12. The SMILES string of the molecule is C[C@H](O)c1nccn1Cc1cc(-c2ccc(C#Cc3ccc(C(N)=O)nc3)cc2)on1. The molecule has 0 saturated heterocycles. The van der Waals surface area contributed by atoms with E-state index in [2.05, 4.69) is 27.0 Å². The Morgan fingerprint density at radius 2 is 1.90 bits per heavy atom. The minimum absolute atomic E-state index is 0.205. The quantitative estimate of drug-likeness (QED) is 0.485. The maximum absolute atomic E-state index is 11.1. The number of aromatic nitrogens is 4. The third kappa shape index (κ3) is 4.69. The molecule has 0 bridgehead atoms. The Morgan fingerprint density at radius 3 is 2.58 bits per heavy atom. The molecule has 0 aliphatic rings. The fourth-order valence-electron chi connectivity index (χ4n) is 2.99. The minimum Gasteiger partial charge on any atom is -0.385 e. The van der Waals surface area contributed by atoms with Gasteiger partial charge in [0.2, 0.25) is 0 Å². The molecule has 1 atom stereocenters. The van der Waals surface area contributed by atoms with Crippen LogP contribution < -0.4 is 5.73 Å². The third-order valence-corrected chi connectivity index (χ3v) is 4.55. The van der Waals surface area contributed by atoms with Crippen LogP contribution in [0.4, 0.5) is 0 Å². The maximum Gasteiger partial charge on any atom is 0.267 e. The number of pyridine rings is 1. The van der Waals surface area contributed by atoms with Gasteiger partial charge < -0.3 is 19.9 Å². The highest BCUT2D eigenvalue weighted by Gasteiger charge is 2.12. The molecule has 1 aromatic carbocycles. The number of carbonyl (C=O) groups is 1. The lowest BCUT2D eigenvalue weighted by atomic mass is 10.1. The maximum atomic E-state index is 11.1. The highest BCUT2D eigenvalue weighted by Crippen LogP contribution is 2.22. The first-order chi connectivity index (χ1) is 15.0. The topological polar surface area (TPSA) is 120 Å². The zero-order chi connectivity index (χ0) is 21.8. The van der Waals surface area contributed by atoms with Gasteiger partial charge in [0.05, 0.1) is 6.54 Å². The van der Waals surface area contributed by atoms with E-state index in [0.29, 0.717) is 23.7 Å². The van der Waals surface area contributed by atoms with Gasteiger partial charge in [0.25, 0.3) is 5.91 Å². The summed E-state index contributed by atoms with van der Waals surface area (Å²) in [5.41, 5.74) is 8.49. The number of amides is 1. The molecule has 0 saturated carbocycles. The van der Waals surface area contributed by atoms with Crippen molar-refractivity contribution in [3.8, 4) is 23.2 Å². The summed E-state index contributed by atoms with van der Waals surface area (Å²) in [6.07, 6.45) is 4.29. The van der Waals surface area contributed by atoms with Crippen LogP contribution in [-0.4, -0.2) is 30.7 Å². The number of hydrogen-bond acceptors (Lipinski definition) is 6. The zero-order valence-electron chi connectivity index (χ0n) is 16.7. The van der Waals surface area contributed by atoms with Crippen molar-refractivity contribution >= 4 is 5.91 Å². The summed E-state index contributed by atoms with van der Waals surface area (Å²) in [4.78, 5) is 19.2. The van der Waals surface area contributed by atoms with Crippen molar-refractivity contribution in [2.45, 2.75) is 19.6 Å². The van der Waals surface area contributed by atoms with Gasteiger partial charge in [0, 0.05) is 41.3 Å². The van der Waals surface area contributed by atoms with Gasteiger partial charge in [-0.15, -0.1) is 0 Å². The Labute approximate surface area is 178 Å². The molecule has 3 N–H and O–H groups in total. The van der Waals surface area contributed by atoms with Crippen molar-refractivity contribution < 1.29 is 14.4 Å². The number of aliphatic hydroxyl groups excluding tert-OH is 1. The number of primary amides is 1. The van der Waals surface area contributed by atoms with E-state index in [1.165, 1.54) is 6.20 Å². The van der Waals surface area contributed by atoms with E-state index >= 15 is 0 Å². The van der Waals surface area contributed by atoms with Crippen molar-refractivity contribution in [1.29, 1.82) is 0 Å². The third-order valence-electron chi connectivity index (χ3n) is 4.55. The molecule has 3 heterocycles. The molecule has 1 amide bonds. The molecular formula is C23H19N5O3. The number of nitrogens with zero attached hydrogens (tertiary/aromatic N) is 4. The van der Waals surface area contributed by atoms with Crippen molar-refractivity contribution in [2.24, 2.45) is 5.73 Å². The molecule has 0 fully saturated rings. The summed E-state index contributed by atoms with van der Waals surface area (Å²) < 4.78 is 7.30. The fourth-order valence-corrected chi connectivity index (χ4v) is 2.99. The van der Waals surface area contributed by atoms with E-state index in [0.717, 1.165) is 16.8 Å². The van der Waals surface area contributed by atoms with Gasteiger partial charge in [0.15, 0.2) is 5.76 Å². The van der Waals surface area contributed by atoms with Crippen LogP contribution in [-0.2, 0) is 6.54 Å². The largest absolute Gasteiger partial charge is 0.385 e. The van der Waals surface area contributed by atoms with Crippen LogP contribution in [0.3, 0.4) is 0 Å². The number of nitrogens with two attached hydrogens (primary N) is 1. The summed E-state index contributed by atoms with van der Waals surface area (Å²) in [6.45, 7) is 2.13. The molecule has 0 aliphatic carbocycles. The van der Waals surface area contributed by atoms with E-state index in [1.807, 2.05) is 34.9 Å². The average Bonchev–Trinajstić information content (AvgIpc) is 3.43. The molecule has 4 aromatic rings. The van der Waals surface area contributed by atoms with Crippen LogP contribution in [0.1, 0.15) is 46.2 Å². The van der Waals surface area contributed by atoms with Crippen molar-refractivity contribution in [3.63, 3.8) is 0 Å². The second-order valence-electron chi connectivity index (χ2n) is 6.90. The van der Waals surface area contributed by atoms with E-state index < -0.39 is 12.0 Å². The molecule has 3 aromatic heterocycles. The Hall–Kier alpha value is -4.22. The molecule has 8 nitrogen and oxygen atoms in total. The molecule has 0 aliphatic heterocycles. The van der Waals surface area contributed by atoms with E-state index in [9.17, 15) is 9.90 Å². The molecule has 4 rings (SSSR count). The predicted octanol–water partition coefficient (Wildman–Crippen LogP) is 2.53. The zero-order valence-corrected chi connectivity index (χ0v) is 16.7. The second kappa shape index (κ2) is 8.65. The summed E-state index contributed by atoms with van der Waals surface area (Å²) in [5.74, 6) is 6.70. The van der Waals surface area contributed by atoms with Gasteiger partial charge in [-0.25, -0.2) is 9.97 Å². The average molecular weight is 413 g/mol. The minimum atomic E-state index is -0.660. The predicted molar refractivity (Wildman–Crippen MR) is 113 cm³/mol. The number of carbonyl (C=O) groups excluding carboxylic acids is 1. The Balaban J connectivity index is 1.45. The summed E-state index contributed by atoms with van der Waals surface area (Å²) in [7, 11) is 0. The molecule has 0 spiro atoms. The fraction of sp³-hybridized carbons (Fsp3) is 0.130. The second-order valence-corrected chi connectivity index (χ2v) is 6.90. The van der Waals surface area contributed by atoms with Gasteiger partial charge in [-0.1, -0.05) is 17.0 Å². The summed E-state index contributed by atoms with van der Waals surface area (Å²) in [5, 5.41) is 13.9. The van der Waals surface area contributed by atoms with Gasteiger partial charge in [0.1, 0.15) is 23.3 Å². The summed E-state index contributed by atoms with van der Waals surface area (Å²) in [6, 6.07) is 12.7. The Kier molecular flexibility index (Phi) is 5.60. The Morgan fingerprint density at radius 1 is 1.16 bits per heavy atom. The van der Waals surface area contributed by atoms with Crippen molar-refractivity contribution in [3.05, 3.63) is 89.4 Å². The van der Waals surface area contributed by atoms with Crippen LogP contribution in [0, 0.1) is 11.8 Å². The lowest BCUT2D eigenvalue weighted by molar-refractivity contribution is 0.0995. The molecule has 154 valence electrons. The first-order valence-corrected chi connectivity index (χ1v) is 9.52.